The zero-order valence-electron chi connectivity index (χ0n) is 14.9. The van der Waals surface area contributed by atoms with Gasteiger partial charge >= 0.3 is 0 Å². The number of nitrogens with zero attached hydrogens (tertiary/aromatic N) is 1. The van der Waals surface area contributed by atoms with Crippen LogP contribution >= 0.6 is 0 Å². The quantitative estimate of drug-likeness (QED) is 0.525. The standard InChI is InChI=1S/C16H29N3O4S2/c1-3-5-13-19(12-4-2)14-6-11-18-25(22,23)16-9-7-15(8-10-16)24(17,20)21/h7-10,18H,3-6,11-14H2,1-2H3,(H2,17,20,21). The van der Waals surface area contributed by atoms with Crippen molar-refractivity contribution in [2.75, 3.05) is 26.2 Å². The Morgan fingerprint density at radius 3 is 1.96 bits per heavy atom. The van der Waals surface area contributed by atoms with Crippen LogP contribution in [0, 0.1) is 0 Å². The highest BCUT2D eigenvalue weighted by atomic mass is 32.2. The van der Waals surface area contributed by atoms with Gasteiger partial charge < -0.3 is 4.90 Å². The Kier molecular flexibility index (Phi) is 9.01. The second kappa shape index (κ2) is 10.2. The predicted molar refractivity (Wildman–Crippen MR) is 99.3 cm³/mol. The minimum Gasteiger partial charge on any atom is -0.303 e. The van der Waals surface area contributed by atoms with Crippen molar-refractivity contribution in [1.82, 2.24) is 9.62 Å². The molecule has 1 aromatic rings. The minimum atomic E-state index is -3.83. The second-order valence-corrected chi connectivity index (χ2v) is 9.29. The molecule has 0 amide bonds. The first-order valence-electron chi connectivity index (χ1n) is 8.55. The van der Waals surface area contributed by atoms with Gasteiger partial charge in [0, 0.05) is 6.54 Å². The van der Waals surface area contributed by atoms with Gasteiger partial charge in [-0.1, -0.05) is 20.3 Å². The fraction of sp³-hybridized carbons (Fsp3) is 0.625. The van der Waals surface area contributed by atoms with Crippen molar-refractivity contribution in [2.45, 2.75) is 49.3 Å². The highest BCUT2D eigenvalue weighted by molar-refractivity contribution is 7.89. The molecule has 0 spiro atoms. The third-order valence-electron chi connectivity index (χ3n) is 3.77. The van der Waals surface area contributed by atoms with Gasteiger partial charge in [-0.3, -0.25) is 0 Å². The predicted octanol–water partition coefficient (Wildman–Crippen LogP) is 1.51. The Hall–Kier alpha value is -1.00. The maximum absolute atomic E-state index is 12.2. The van der Waals surface area contributed by atoms with Crippen molar-refractivity contribution in [3.63, 3.8) is 0 Å². The zero-order chi connectivity index (χ0) is 18.9. The van der Waals surface area contributed by atoms with E-state index in [4.69, 9.17) is 5.14 Å². The molecule has 0 saturated heterocycles. The van der Waals surface area contributed by atoms with Crippen LogP contribution in [-0.4, -0.2) is 47.9 Å². The number of unbranched alkanes of at least 4 members (excludes halogenated alkanes) is 1. The lowest BCUT2D eigenvalue weighted by Crippen LogP contribution is -2.31. The summed E-state index contributed by atoms with van der Waals surface area (Å²) < 4.78 is 49.4. The average Bonchev–Trinajstić information content (AvgIpc) is 2.55. The summed E-state index contributed by atoms with van der Waals surface area (Å²) in [5.41, 5.74) is 0. The fourth-order valence-electron chi connectivity index (χ4n) is 2.43. The first-order valence-corrected chi connectivity index (χ1v) is 11.6. The van der Waals surface area contributed by atoms with Crippen molar-refractivity contribution in [1.29, 1.82) is 0 Å². The molecule has 0 aliphatic carbocycles. The molecule has 0 fully saturated rings. The van der Waals surface area contributed by atoms with Crippen LogP contribution in [0.4, 0.5) is 0 Å². The third kappa shape index (κ3) is 7.83. The number of hydrogen-bond acceptors (Lipinski definition) is 5. The topological polar surface area (TPSA) is 110 Å². The monoisotopic (exact) mass is 391 g/mol. The molecule has 1 aromatic carbocycles. The number of hydrogen-bond donors (Lipinski definition) is 2. The molecule has 9 heteroatoms. The fourth-order valence-corrected chi connectivity index (χ4v) is 4.02. The largest absolute Gasteiger partial charge is 0.303 e. The van der Waals surface area contributed by atoms with E-state index >= 15 is 0 Å². The molecule has 0 radical (unpaired) electrons. The van der Waals surface area contributed by atoms with E-state index in [0.29, 0.717) is 6.54 Å². The lowest BCUT2D eigenvalue weighted by Gasteiger charge is -2.21. The van der Waals surface area contributed by atoms with E-state index in [1.165, 1.54) is 24.3 Å². The summed E-state index contributed by atoms with van der Waals surface area (Å²) in [6, 6.07) is 4.87. The van der Waals surface area contributed by atoms with Gasteiger partial charge in [-0.15, -0.1) is 0 Å². The summed E-state index contributed by atoms with van der Waals surface area (Å²) in [7, 11) is -7.48. The molecule has 1 rings (SSSR count). The summed E-state index contributed by atoms with van der Waals surface area (Å²) in [4.78, 5) is 2.26. The number of primary sulfonamides is 1. The van der Waals surface area contributed by atoms with Crippen LogP contribution in [0.15, 0.2) is 34.1 Å². The van der Waals surface area contributed by atoms with Crippen LogP contribution in [-0.2, 0) is 20.0 Å². The third-order valence-corrected chi connectivity index (χ3v) is 6.18. The Bertz CT molecular complexity index is 716. The smallest absolute Gasteiger partial charge is 0.240 e. The molecule has 7 nitrogen and oxygen atoms in total. The highest BCUT2D eigenvalue weighted by Gasteiger charge is 2.15. The van der Waals surface area contributed by atoms with Crippen LogP contribution in [0.2, 0.25) is 0 Å². The van der Waals surface area contributed by atoms with E-state index < -0.39 is 20.0 Å². The van der Waals surface area contributed by atoms with Crippen LogP contribution in [0.3, 0.4) is 0 Å². The van der Waals surface area contributed by atoms with Crippen molar-refractivity contribution >= 4 is 20.0 Å². The Labute approximate surface area is 151 Å². The maximum Gasteiger partial charge on any atom is 0.240 e. The van der Waals surface area contributed by atoms with Gasteiger partial charge in [0.15, 0.2) is 0 Å². The summed E-state index contributed by atoms with van der Waals surface area (Å²) in [6.07, 6.45) is 4.08. The van der Waals surface area contributed by atoms with Gasteiger partial charge in [0.05, 0.1) is 9.79 Å². The lowest BCUT2D eigenvalue weighted by atomic mass is 10.3. The van der Waals surface area contributed by atoms with Gasteiger partial charge in [0.1, 0.15) is 0 Å². The molecular weight excluding hydrogens is 362 g/mol. The first-order chi connectivity index (χ1) is 11.7. The van der Waals surface area contributed by atoms with E-state index in [0.717, 1.165) is 45.3 Å². The second-order valence-electron chi connectivity index (χ2n) is 5.96. The summed E-state index contributed by atoms with van der Waals surface area (Å²) in [5.74, 6) is 0. The van der Waals surface area contributed by atoms with E-state index in [-0.39, 0.29) is 9.79 Å². The van der Waals surface area contributed by atoms with Gasteiger partial charge in [0.25, 0.3) is 0 Å². The Morgan fingerprint density at radius 1 is 0.880 bits per heavy atom. The van der Waals surface area contributed by atoms with Crippen molar-refractivity contribution in [3.05, 3.63) is 24.3 Å². The lowest BCUT2D eigenvalue weighted by molar-refractivity contribution is 0.267. The summed E-state index contributed by atoms with van der Waals surface area (Å²) in [6.45, 7) is 7.52. The molecule has 0 aliphatic rings. The molecule has 0 bridgehead atoms. The van der Waals surface area contributed by atoms with Gasteiger partial charge in [-0.25, -0.2) is 26.7 Å². The average molecular weight is 392 g/mol. The first kappa shape index (κ1) is 22.0. The Morgan fingerprint density at radius 2 is 1.44 bits per heavy atom. The van der Waals surface area contributed by atoms with Crippen LogP contribution in [0.1, 0.15) is 39.5 Å². The van der Waals surface area contributed by atoms with Crippen molar-refractivity contribution in [2.24, 2.45) is 5.14 Å². The molecule has 0 unspecified atom stereocenters. The van der Waals surface area contributed by atoms with E-state index in [1.807, 2.05) is 0 Å². The van der Waals surface area contributed by atoms with E-state index in [1.54, 1.807) is 0 Å². The molecule has 0 saturated carbocycles. The zero-order valence-corrected chi connectivity index (χ0v) is 16.6. The molecule has 0 aliphatic heterocycles. The molecule has 0 aromatic heterocycles. The molecule has 25 heavy (non-hydrogen) atoms. The van der Waals surface area contributed by atoms with Gasteiger partial charge in [0.2, 0.25) is 20.0 Å². The molecule has 0 atom stereocenters. The van der Waals surface area contributed by atoms with Crippen LogP contribution < -0.4 is 9.86 Å². The van der Waals surface area contributed by atoms with E-state index in [2.05, 4.69) is 23.5 Å². The molecular formula is C16H29N3O4S2. The van der Waals surface area contributed by atoms with Crippen molar-refractivity contribution < 1.29 is 16.8 Å². The Balaban J connectivity index is 2.55. The maximum atomic E-state index is 12.2. The van der Waals surface area contributed by atoms with Gasteiger partial charge in [-0.05, 0) is 63.2 Å². The number of nitrogens with one attached hydrogen (secondary N) is 1. The van der Waals surface area contributed by atoms with Crippen LogP contribution in [0.25, 0.3) is 0 Å². The van der Waals surface area contributed by atoms with E-state index in [9.17, 15) is 16.8 Å². The minimum absolute atomic E-state index is 0.0243. The normalized spacial score (nSPS) is 12.6. The summed E-state index contributed by atoms with van der Waals surface area (Å²) >= 11 is 0. The number of nitrogens with two attached hydrogens (primary N) is 1. The number of benzene rings is 1. The van der Waals surface area contributed by atoms with Gasteiger partial charge in [-0.2, -0.15) is 0 Å². The summed E-state index contributed by atoms with van der Waals surface area (Å²) in [5, 5.41) is 5.00. The van der Waals surface area contributed by atoms with Crippen molar-refractivity contribution in [3.8, 4) is 0 Å². The molecule has 0 heterocycles. The number of sulfonamides is 2. The molecule has 3 N–H and O–H groups in total. The van der Waals surface area contributed by atoms with Crippen LogP contribution in [0.5, 0.6) is 0 Å². The SMILES string of the molecule is CCCCN(CCC)CCCNS(=O)(=O)c1ccc(S(N)(=O)=O)cc1. The highest BCUT2D eigenvalue weighted by Crippen LogP contribution is 2.13. The molecule has 144 valence electrons. The number of rotatable bonds is 12.